The molecule has 1 N–H and O–H groups in total. The minimum Gasteiger partial charge on any atom is -0.342 e. The molecule has 1 fully saturated rings. The molecular weight excluding hydrogens is 290 g/mol. The first-order valence-corrected chi connectivity index (χ1v) is 7.74. The lowest BCUT2D eigenvalue weighted by atomic mass is 10.4. The Kier molecular flexibility index (Phi) is 4.38. The highest BCUT2D eigenvalue weighted by Gasteiger charge is 2.22. The SMILES string of the molecule is O=C(CNS(=O)(=O)c1cnccc1Cl)N1CCCC1. The van der Waals surface area contributed by atoms with Crippen molar-refractivity contribution >= 4 is 27.5 Å². The molecule has 1 aromatic heterocycles. The molecule has 2 heterocycles. The zero-order valence-corrected chi connectivity index (χ0v) is 11.7. The minimum absolute atomic E-state index is 0.0797. The number of carbonyl (C=O) groups is 1. The van der Waals surface area contributed by atoms with Crippen LogP contribution in [0.5, 0.6) is 0 Å². The number of likely N-dealkylation sites (tertiary alicyclic amines) is 1. The summed E-state index contributed by atoms with van der Waals surface area (Å²) in [5.41, 5.74) is 0. The van der Waals surface area contributed by atoms with Crippen molar-refractivity contribution in [1.82, 2.24) is 14.6 Å². The molecule has 1 aliphatic rings. The zero-order valence-electron chi connectivity index (χ0n) is 10.2. The van der Waals surface area contributed by atoms with E-state index in [1.807, 2.05) is 0 Å². The number of nitrogens with zero attached hydrogens (tertiary/aromatic N) is 2. The summed E-state index contributed by atoms with van der Waals surface area (Å²) < 4.78 is 26.2. The fourth-order valence-corrected chi connectivity index (χ4v) is 3.28. The Bertz CT molecular complexity index is 570. The van der Waals surface area contributed by atoms with Gasteiger partial charge in [-0.05, 0) is 18.9 Å². The summed E-state index contributed by atoms with van der Waals surface area (Å²) in [5.74, 6) is -0.221. The minimum atomic E-state index is -3.81. The van der Waals surface area contributed by atoms with Gasteiger partial charge in [-0.15, -0.1) is 0 Å². The third-order valence-corrected chi connectivity index (χ3v) is 4.77. The Morgan fingerprint density at radius 2 is 2.11 bits per heavy atom. The van der Waals surface area contributed by atoms with Crippen LogP contribution in [0.15, 0.2) is 23.4 Å². The van der Waals surface area contributed by atoms with Crippen LogP contribution in [-0.2, 0) is 14.8 Å². The number of halogens is 1. The number of carbonyl (C=O) groups excluding carboxylic acids is 1. The van der Waals surface area contributed by atoms with E-state index in [9.17, 15) is 13.2 Å². The first-order chi connectivity index (χ1) is 9.00. The number of aromatic nitrogens is 1. The van der Waals surface area contributed by atoms with E-state index in [1.165, 1.54) is 12.3 Å². The molecule has 19 heavy (non-hydrogen) atoms. The molecule has 0 spiro atoms. The van der Waals surface area contributed by atoms with Crippen LogP contribution in [0.25, 0.3) is 0 Å². The van der Waals surface area contributed by atoms with Gasteiger partial charge in [0.15, 0.2) is 0 Å². The largest absolute Gasteiger partial charge is 0.342 e. The van der Waals surface area contributed by atoms with Crippen LogP contribution in [-0.4, -0.2) is 43.8 Å². The number of pyridine rings is 1. The molecule has 0 unspecified atom stereocenters. The summed E-state index contributed by atoms with van der Waals surface area (Å²) in [6.45, 7) is 1.12. The molecule has 0 radical (unpaired) electrons. The standard InChI is InChI=1S/C11H14ClN3O3S/c12-9-3-4-13-7-10(9)19(17,18)14-8-11(16)15-5-1-2-6-15/h3-4,7,14H,1-2,5-6,8H2. The Balaban J connectivity index is 2.02. The maximum Gasteiger partial charge on any atom is 0.244 e. The van der Waals surface area contributed by atoms with Crippen molar-refractivity contribution < 1.29 is 13.2 Å². The number of hydrogen-bond acceptors (Lipinski definition) is 4. The molecule has 0 aliphatic carbocycles. The van der Waals surface area contributed by atoms with Gasteiger partial charge in [0, 0.05) is 25.5 Å². The Hall–Kier alpha value is -1.18. The number of nitrogens with one attached hydrogen (secondary N) is 1. The molecule has 2 rings (SSSR count). The summed E-state index contributed by atoms with van der Waals surface area (Å²) in [6, 6.07) is 1.39. The van der Waals surface area contributed by atoms with Crippen LogP contribution < -0.4 is 4.72 Å². The average Bonchev–Trinajstić information content (AvgIpc) is 2.90. The fraction of sp³-hybridized carbons (Fsp3) is 0.455. The van der Waals surface area contributed by atoms with Gasteiger partial charge in [-0.3, -0.25) is 9.78 Å². The van der Waals surface area contributed by atoms with E-state index in [-0.39, 0.29) is 22.4 Å². The highest BCUT2D eigenvalue weighted by molar-refractivity contribution is 7.89. The van der Waals surface area contributed by atoms with Crippen molar-refractivity contribution in [2.24, 2.45) is 0 Å². The second kappa shape index (κ2) is 5.85. The molecule has 1 saturated heterocycles. The molecule has 0 bridgehead atoms. The monoisotopic (exact) mass is 303 g/mol. The maximum atomic E-state index is 12.0. The lowest BCUT2D eigenvalue weighted by Crippen LogP contribution is -2.38. The van der Waals surface area contributed by atoms with Gasteiger partial charge >= 0.3 is 0 Å². The molecule has 1 aliphatic heterocycles. The summed E-state index contributed by atoms with van der Waals surface area (Å²) in [7, 11) is -3.81. The quantitative estimate of drug-likeness (QED) is 0.885. The predicted molar refractivity (Wildman–Crippen MR) is 70.2 cm³/mol. The van der Waals surface area contributed by atoms with Gasteiger partial charge in [-0.25, -0.2) is 13.1 Å². The van der Waals surface area contributed by atoms with E-state index in [4.69, 9.17) is 11.6 Å². The third kappa shape index (κ3) is 3.43. The predicted octanol–water partition coefficient (Wildman–Crippen LogP) is 0.636. The molecule has 0 aromatic carbocycles. The van der Waals surface area contributed by atoms with Gasteiger partial charge in [0.1, 0.15) is 4.90 Å². The maximum absolute atomic E-state index is 12.0. The molecule has 104 valence electrons. The highest BCUT2D eigenvalue weighted by Crippen LogP contribution is 2.18. The molecule has 6 nitrogen and oxygen atoms in total. The Morgan fingerprint density at radius 1 is 1.42 bits per heavy atom. The first-order valence-electron chi connectivity index (χ1n) is 5.87. The lowest BCUT2D eigenvalue weighted by Gasteiger charge is -2.15. The number of sulfonamides is 1. The smallest absolute Gasteiger partial charge is 0.244 e. The van der Waals surface area contributed by atoms with Crippen LogP contribution in [0, 0.1) is 0 Å². The second-order valence-electron chi connectivity index (χ2n) is 4.22. The normalized spacial score (nSPS) is 15.7. The van der Waals surface area contributed by atoms with Crippen molar-refractivity contribution in [3.05, 3.63) is 23.5 Å². The summed E-state index contributed by atoms with van der Waals surface area (Å²) in [4.78, 5) is 17.0. The topological polar surface area (TPSA) is 79.4 Å². The van der Waals surface area contributed by atoms with Crippen molar-refractivity contribution in [2.75, 3.05) is 19.6 Å². The molecule has 8 heteroatoms. The van der Waals surface area contributed by atoms with Gasteiger partial charge in [-0.1, -0.05) is 11.6 Å². The van der Waals surface area contributed by atoms with Crippen LogP contribution in [0.4, 0.5) is 0 Å². The van der Waals surface area contributed by atoms with E-state index < -0.39 is 10.0 Å². The van der Waals surface area contributed by atoms with E-state index in [0.717, 1.165) is 19.0 Å². The second-order valence-corrected chi connectivity index (χ2v) is 6.36. The Morgan fingerprint density at radius 3 is 2.74 bits per heavy atom. The summed E-state index contributed by atoms with van der Waals surface area (Å²) >= 11 is 5.80. The van der Waals surface area contributed by atoms with Crippen LogP contribution in [0.1, 0.15) is 12.8 Å². The first kappa shape index (κ1) is 14.2. The number of hydrogen-bond donors (Lipinski definition) is 1. The number of rotatable bonds is 4. The van der Waals surface area contributed by atoms with Gasteiger partial charge in [0.2, 0.25) is 15.9 Å². The lowest BCUT2D eigenvalue weighted by molar-refractivity contribution is -0.128. The van der Waals surface area contributed by atoms with Gasteiger partial charge in [-0.2, -0.15) is 0 Å². The van der Waals surface area contributed by atoms with Crippen LogP contribution in [0.3, 0.4) is 0 Å². The molecular formula is C11H14ClN3O3S. The van der Waals surface area contributed by atoms with Crippen molar-refractivity contribution in [1.29, 1.82) is 0 Å². The van der Waals surface area contributed by atoms with Crippen molar-refractivity contribution in [3.63, 3.8) is 0 Å². The van der Waals surface area contributed by atoms with Gasteiger partial charge < -0.3 is 4.90 Å². The molecule has 1 aromatic rings. The van der Waals surface area contributed by atoms with Crippen molar-refractivity contribution in [2.45, 2.75) is 17.7 Å². The summed E-state index contributed by atoms with van der Waals surface area (Å²) in [5, 5.41) is 0.0797. The van der Waals surface area contributed by atoms with Crippen LogP contribution >= 0.6 is 11.6 Å². The van der Waals surface area contributed by atoms with E-state index in [0.29, 0.717) is 13.1 Å². The Labute approximate surface area is 116 Å². The molecule has 1 amide bonds. The van der Waals surface area contributed by atoms with E-state index in [1.54, 1.807) is 4.90 Å². The molecule has 0 atom stereocenters. The zero-order chi connectivity index (χ0) is 13.9. The molecule has 0 saturated carbocycles. The van der Waals surface area contributed by atoms with Gasteiger partial charge in [0.05, 0.1) is 11.6 Å². The number of amides is 1. The van der Waals surface area contributed by atoms with Gasteiger partial charge in [0.25, 0.3) is 0 Å². The third-order valence-electron chi connectivity index (χ3n) is 2.90. The average molecular weight is 304 g/mol. The van der Waals surface area contributed by atoms with Crippen LogP contribution in [0.2, 0.25) is 5.02 Å². The fourth-order valence-electron chi connectivity index (χ4n) is 1.87. The summed E-state index contributed by atoms with van der Waals surface area (Å²) in [6.07, 6.45) is 4.49. The highest BCUT2D eigenvalue weighted by atomic mass is 35.5. The van der Waals surface area contributed by atoms with E-state index in [2.05, 4.69) is 9.71 Å². The van der Waals surface area contributed by atoms with Crippen molar-refractivity contribution in [3.8, 4) is 0 Å². The van der Waals surface area contributed by atoms with E-state index >= 15 is 0 Å².